The van der Waals surface area contributed by atoms with Crippen molar-refractivity contribution in [3.8, 4) is 0 Å². The molecule has 18 heteroatoms. The van der Waals surface area contributed by atoms with Gasteiger partial charge in [0.05, 0.1) is 5.41 Å². The van der Waals surface area contributed by atoms with Gasteiger partial charge in [0.25, 0.3) is 18.3 Å². The molecule has 6 nitrogen and oxygen atoms in total. The standard InChI is InChI=1S/C19H20F12O6/c1-7(2)5-15(6-14(15,3)4)13(34)35-8(9(32)36-11(16(20,21)22)17(23,24)25)10(33)37-12(18(26,27)28)19(29,30)31/h7-8,11-12H,5-6H2,1-4H3. The van der Waals surface area contributed by atoms with Gasteiger partial charge in [-0.05, 0) is 24.2 Å². The monoisotopic (exact) mass is 572 g/mol. The third-order valence-electron chi connectivity index (χ3n) is 5.37. The first-order chi connectivity index (χ1) is 16.2. The molecule has 1 unspecified atom stereocenters. The number of esters is 3. The molecule has 0 radical (unpaired) electrons. The Bertz CT molecular complexity index is 797. The summed E-state index contributed by atoms with van der Waals surface area (Å²) < 4.78 is 164. The molecule has 0 bridgehead atoms. The van der Waals surface area contributed by atoms with E-state index in [1.54, 1.807) is 13.8 Å². The Kier molecular flexibility index (Phi) is 8.84. The van der Waals surface area contributed by atoms with Gasteiger partial charge in [-0.25, -0.2) is 9.59 Å². The Hall–Kier alpha value is -2.43. The van der Waals surface area contributed by atoms with Gasteiger partial charge in [-0.2, -0.15) is 52.7 Å². The number of halogens is 12. The Morgan fingerprint density at radius 3 is 1.19 bits per heavy atom. The van der Waals surface area contributed by atoms with Crippen LogP contribution in [0, 0.1) is 16.7 Å². The lowest BCUT2D eigenvalue weighted by Gasteiger charge is -2.28. The second kappa shape index (κ2) is 10.0. The Morgan fingerprint density at radius 2 is 0.973 bits per heavy atom. The summed E-state index contributed by atoms with van der Waals surface area (Å²) >= 11 is 0. The molecule has 1 rings (SSSR count). The van der Waals surface area contributed by atoms with E-state index in [1.165, 1.54) is 13.8 Å². The average molecular weight is 572 g/mol. The van der Waals surface area contributed by atoms with Crippen molar-refractivity contribution in [2.24, 2.45) is 16.7 Å². The second-order valence-electron chi connectivity index (χ2n) is 9.33. The van der Waals surface area contributed by atoms with Gasteiger partial charge in [0, 0.05) is 0 Å². The van der Waals surface area contributed by atoms with Crippen LogP contribution >= 0.6 is 0 Å². The SMILES string of the molecule is CC(C)CC1(C(=O)OC(C(=O)OC(C(F)(F)F)C(F)(F)F)C(=O)OC(C(F)(F)F)C(F)(F)F)CC1(C)C. The van der Waals surface area contributed by atoms with Gasteiger partial charge >= 0.3 is 42.6 Å². The predicted octanol–water partition coefficient (Wildman–Crippen LogP) is 5.43. The number of carbonyl (C=O) groups excluding carboxylic acids is 3. The van der Waals surface area contributed by atoms with Gasteiger partial charge in [-0.3, -0.25) is 4.79 Å². The molecule has 1 aliphatic carbocycles. The fourth-order valence-corrected chi connectivity index (χ4v) is 3.59. The van der Waals surface area contributed by atoms with Crippen LogP contribution in [-0.4, -0.2) is 60.9 Å². The molecule has 1 aliphatic rings. The summed E-state index contributed by atoms with van der Waals surface area (Å²) in [5.41, 5.74) is -2.62. The van der Waals surface area contributed by atoms with Crippen molar-refractivity contribution in [1.82, 2.24) is 0 Å². The van der Waals surface area contributed by atoms with Gasteiger partial charge in [-0.15, -0.1) is 0 Å². The van der Waals surface area contributed by atoms with E-state index in [0.717, 1.165) is 0 Å². The zero-order valence-electron chi connectivity index (χ0n) is 19.2. The van der Waals surface area contributed by atoms with Crippen LogP contribution in [0.4, 0.5) is 52.7 Å². The maximum Gasteiger partial charge on any atom is 0.434 e. The number of hydrogen-bond donors (Lipinski definition) is 0. The van der Waals surface area contributed by atoms with Gasteiger partial charge in [0.1, 0.15) is 0 Å². The highest BCUT2D eigenvalue weighted by Gasteiger charge is 2.68. The Morgan fingerprint density at radius 1 is 0.676 bits per heavy atom. The van der Waals surface area contributed by atoms with E-state index in [9.17, 15) is 67.1 Å². The van der Waals surface area contributed by atoms with E-state index in [-0.39, 0.29) is 18.8 Å². The molecule has 0 aliphatic heterocycles. The summed E-state index contributed by atoms with van der Waals surface area (Å²) in [4.78, 5) is 36.9. The lowest BCUT2D eigenvalue weighted by atomic mass is 9.87. The molecule has 37 heavy (non-hydrogen) atoms. The van der Waals surface area contributed by atoms with E-state index in [1.807, 2.05) is 0 Å². The van der Waals surface area contributed by atoms with Crippen molar-refractivity contribution in [2.45, 2.75) is 83.6 Å². The highest BCUT2D eigenvalue weighted by atomic mass is 19.4. The molecule has 1 fully saturated rings. The summed E-state index contributed by atoms with van der Waals surface area (Å²) in [5.74, 6) is -8.11. The second-order valence-corrected chi connectivity index (χ2v) is 9.33. The van der Waals surface area contributed by atoms with E-state index < -0.39 is 71.8 Å². The van der Waals surface area contributed by atoms with Gasteiger partial charge < -0.3 is 14.2 Å². The highest BCUT2D eigenvalue weighted by Crippen LogP contribution is 2.67. The topological polar surface area (TPSA) is 78.9 Å². The molecule has 0 aromatic rings. The molecule has 0 spiro atoms. The number of alkyl halides is 12. The van der Waals surface area contributed by atoms with E-state index in [4.69, 9.17) is 0 Å². The fraction of sp³-hybridized carbons (Fsp3) is 0.842. The van der Waals surface area contributed by atoms with Gasteiger partial charge in [0.2, 0.25) is 0 Å². The maximum atomic E-state index is 12.8. The number of hydrogen-bond acceptors (Lipinski definition) is 6. The van der Waals surface area contributed by atoms with Crippen molar-refractivity contribution in [3.63, 3.8) is 0 Å². The molecule has 216 valence electrons. The summed E-state index contributed by atoms with van der Waals surface area (Å²) in [5, 5.41) is 0. The van der Waals surface area contributed by atoms with Crippen molar-refractivity contribution < 1.29 is 81.3 Å². The first-order valence-electron chi connectivity index (χ1n) is 10.1. The fourth-order valence-electron chi connectivity index (χ4n) is 3.59. The van der Waals surface area contributed by atoms with Crippen LogP contribution in [0.3, 0.4) is 0 Å². The molecule has 0 saturated heterocycles. The zero-order valence-corrected chi connectivity index (χ0v) is 19.2. The minimum atomic E-state index is -6.38. The summed E-state index contributed by atoms with van der Waals surface area (Å²) in [6, 6.07) is 0. The van der Waals surface area contributed by atoms with E-state index >= 15 is 0 Å². The molecule has 0 N–H and O–H groups in total. The largest absolute Gasteiger partial charge is 0.440 e. The number of carbonyl (C=O) groups is 3. The molecule has 0 aromatic carbocycles. The third-order valence-corrected chi connectivity index (χ3v) is 5.37. The molecule has 0 aromatic heterocycles. The minimum absolute atomic E-state index is 0.0741. The van der Waals surface area contributed by atoms with Crippen molar-refractivity contribution in [1.29, 1.82) is 0 Å². The van der Waals surface area contributed by atoms with E-state index in [0.29, 0.717) is 0 Å². The van der Waals surface area contributed by atoms with E-state index in [2.05, 4.69) is 14.2 Å². The molecule has 0 amide bonds. The summed E-state index contributed by atoms with van der Waals surface area (Å²) in [6.45, 7) is 5.96. The minimum Gasteiger partial charge on any atom is -0.440 e. The molecule has 1 atom stereocenters. The first-order valence-corrected chi connectivity index (χ1v) is 10.1. The quantitative estimate of drug-likeness (QED) is 0.167. The molecule has 1 saturated carbocycles. The van der Waals surface area contributed by atoms with Gasteiger partial charge in [-0.1, -0.05) is 27.7 Å². The number of rotatable bonds is 8. The highest BCUT2D eigenvalue weighted by molar-refractivity contribution is 6.00. The predicted molar refractivity (Wildman–Crippen MR) is 94.1 cm³/mol. The van der Waals surface area contributed by atoms with Crippen LogP contribution in [-0.2, 0) is 28.6 Å². The maximum absolute atomic E-state index is 12.8. The molecular formula is C19H20F12O6. The normalized spacial score (nSPS) is 20.4. The van der Waals surface area contributed by atoms with Crippen LogP contribution in [0.15, 0.2) is 0 Å². The Labute approximate surface area is 200 Å². The van der Waals surface area contributed by atoms with Crippen LogP contribution in [0.2, 0.25) is 0 Å². The lowest BCUT2D eigenvalue weighted by Crippen LogP contribution is -2.52. The van der Waals surface area contributed by atoms with Crippen LogP contribution in [0.1, 0.15) is 40.5 Å². The average Bonchev–Trinajstić information content (AvgIpc) is 3.18. The zero-order chi connectivity index (χ0) is 29.6. The molecule has 0 heterocycles. The number of ether oxygens (including phenoxy) is 3. The van der Waals surface area contributed by atoms with Crippen molar-refractivity contribution >= 4 is 17.9 Å². The van der Waals surface area contributed by atoms with Crippen LogP contribution in [0.25, 0.3) is 0 Å². The Balaban J connectivity index is 3.44. The van der Waals surface area contributed by atoms with Crippen molar-refractivity contribution in [2.75, 3.05) is 0 Å². The van der Waals surface area contributed by atoms with Crippen LogP contribution < -0.4 is 0 Å². The third kappa shape index (κ3) is 7.78. The van der Waals surface area contributed by atoms with Crippen molar-refractivity contribution in [3.05, 3.63) is 0 Å². The van der Waals surface area contributed by atoms with Crippen LogP contribution in [0.5, 0.6) is 0 Å². The smallest absolute Gasteiger partial charge is 0.434 e. The first kappa shape index (κ1) is 32.6. The molecular weight excluding hydrogens is 552 g/mol. The van der Waals surface area contributed by atoms with Gasteiger partial charge in [0.15, 0.2) is 0 Å². The summed E-state index contributed by atoms with van der Waals surface area (Å²) in [6.07, 6.45) is -39.4. The lowest BCUT2D eigenvalue weighted by molar-refractivity contribution is -0.319. The summed E-state index contributed by atoms with van der Waals surface area (Å²) in [7, 11) is 0.